The van der Waals surface area contributed by atoms with Crippen molar-refractivity contribution in [2.75, 3.05) is 57.8 Å². The highest BCUT2D eigenvalue weighted by molar-refractivity contribution is 6.31. The lowest BCUT2D eigenvalue weighted by Gasteiger charge is -2.35. The van der Waals surface area contributed by atoms with Crippen molar-refractivity contribution in [3.8, 4) is 0 Å². The molecule has 3 rings (SSSR count). The second-order valence-corrected chi connectivity index (χ2v) is 7.49. The van der Waals surface area contributed by atoms with Gasteiger partial charge in [-0.3, -0.25) is 4.90 Å². The van der Waals surface area contributed by atoms with Gasteiger partial charge in [-0.2, -0.15) is 0 Å². The lowest BCUT2D eigenvalue weighted by Crippen LogP contribution is -2.50. The average molecular weight is 373 g/mol. The Morgan fingerprint density at radius 1 is 1.20 bits per heavy atom. The van der Waals surface area contributed by atoms with Gasteiger partial charge in [0, 0.05) is 75.5 Å². The van der Waals surface area contributed by atoms with E-state index in [-0.39, 0.29) is 12.5 Å². The number of likely N-dealkylation sites (N-methyl/N-ethyl adjacent to an activating group) is 1. The molecule has 1 aromatic carbocycles. The van der Waals surface area contributed by atoms with E-state index < -0.39 is 6.43 Å². The van der Waals surface area contributed by atoms with E-state index in [1.54, 1.807) is 0 Å². The van der Waals surface area contributed by atoms with E-state index in [4.69, 9.17) is 11.6 Å². The van der Waals surface area contributed by atoms with Gasteiger partial charge in [-0.15, -0.1) is 0 Å². The average Bonchev–Trinajstić information content (AvgIpc) is 2.57. The molecule has 1 unspecified atom stereocenters. The van der Waals surface area contributed by atoms with E-state index in [1.807, 2.05) is 6.07 Å². The van der Waals surface area contributed by atoms with E-state index in [1.165, 1.54) is 0 Å². The summed E-state index contributed by atoms with van der Waals surface area (Å²) in [7, 11) is 2.14. The fraction of sp³-hybridized carbons (Fsp3) is 0.667. The van der Waals surface area contributed by atoms with Crippen molar-refractivity contribution in [1.82, 2.24) is 15.1 Å². The minimum absolute atomic E-state index is 0.0907. The fourth-order valence-corrected chi connectivity index (χ4v) is 3.81. The van der Waals surface area contributed by atoms with Crippen LogP contribution in [0.25, 0.3) is 0 Å². The van der Waals surface area contributed by atoms with Gasteiger partial charge in [0.15, 0.2) is 0 Å². The third kappa shape index (κ3) is 5.26. The summed E-state index contributed by atoms with van der Waals surface area (Å²) in [5, 5.41) is 3.94. The Hall–Kier alpha value is -0.950. The van der Waals surface area contributed by atoms with Gasteiger partial charge in [0.2, 0.25) is 6.43 Å². The second kappa shape index (κ2) is 8.62. The number of anilines is 1. The third-order valence-corrected chi connectivity index (χ3v) is 5.45. The maximum atomic E-state index is 12.6. The first-order valence-electron chi connectivity index (χ1n) is 8.97. The zero-order chi connectivity index (χ0) is 17.8. The van der Waals surface area contributed by atoms with Gasteiger partial charge in [-0.1, -0.05) is 17.7 Å². The van der Waals surface area contributed by atoms with Crippen LogP contribution in [0.2, 0.25) is 5.02 Å². The lowest BCUT2D eigenvalue weighted by atomic mass is 10.1. The van der Waals surface area contributed by atoms with Crippen LogP contribution < -0.4 is 10.2 Å². The largest absolute Gasteiger partial charge is 0.369 e. The van der Waals surface area contributed by atoms with Crippen LogP contribution in [0.4, 0.5) is 14.5 Å². The number of halogens is 3. The van der Waals surface area contributed by atoms with Crippen LogP contribution in [0.15, 0.2) is 18.2 Å². The van der Waals surface area contributed by atoms with Gasteiger partial charge in [0.05, 0.1) is 0 Å². The SMILES string of the molecule is CN1CCN(c2ccc(CN3CCNC(CC(F)F)C3)c(Cl)c2)CC1. The smallest absolute Gasteiger partial charge is 0.240 e. The quantitative estimate of drug-likeness (QED) is 0.857. The molecule has 2 aliphatic rings. The highest BCUT2D eigenvalue weighted by Crippen LogP contribution is 2.26. The van der Waals surface area contributed by atoms with Crippen LogP contribution in [0.5, 0.6) is 0 Å². The van der Waals surface area contributed by atoms with Crippen LogP contribution in [0.3, 0.4) is 0 Å². The Kier molecular flexibility index (Phi) is 6.49. The van der Waals surface area contributed by atoms with Crippen molar-refractivity contribution in [2.24, 2.45) is 0 Å². The molecule has 0 radical (unpaired) electrons. The van der Waals surface area contributed by atoms with Crippen LogP contribution >= 0.6 is 11.6 Å². The van der Waals surface area contributed by atoms with Gasteiger partial charge < -0.3 is 15.1 Å². The summed E-state index contributed by atoms with van der Waals surface area (Å²) >= 11 is 6.52. The predicted molar refractivity (Wildman–Crippen MR) is 98.9 cm³/mol. The number of hydrogen-bond acceptors (Lipinski definition) is 4. The van der Waals surface area contributed by atoms with E-state index >= 15 is 0 Å². The van der Waals surface area contributed by atoms with Gasteiger partial charge >= 0.3 is 0 Å². The number of nitrogens with zero attached hydrogens (tertiary/aromatic N) is 3. The number of hydrogen-bond donors (Lipinski definition) is 1. The zero-order valence-corrected chi connectivity index (χ0v) is 15.5. The molecule has 0 aliphatic carbocycles. The van der Waals surface area contributed by atoms with Crippen LogP contribution in [0, 0.1) is 0 Å². The molecular weight excluding hydrogens is 346 g/mol. The molecule has 1 aromatic rings. The Balaban J connectivity index is 1.59. The molecule has 1 N–H and O–H groups in total. The molecule has 25 heavy (non-hydrogen) atoms. The molecule has 1 atom stereocenters. The maximum absolute atomic E-state index is 12.6. The summed E-state index contributed by atoms with van der Waals surface area (Å²) in [6, 6.07) is 6.11. The van der Waals surface area contributed by atoms with Crippen LogP contribution in [-0.2, 0) is 6.54 Å². The standard InChI is InChI=1S/C18H27ClF2N4/c1-23-6-8-25(9-7-23)16-3-2-14(17(19)11-16)12-24-5-4-22-15(13-24)10-18(20)21/h2-3,11,15,18,22H,4-10,12-13H2,1H3. The Morgan fingerprint density at radius 2 is 1.96 bits per heavy atom. The normalized spacial score (nSPS) is 23.4. The molecule has 2 saturated heterocycles. The summed E-state index contributed by atoms with van der Waals surface area (Å²) in [5.41, 5.74) is 2.23. The van der Waals surface area contributed by atoms with E-state index in [0.717, 1.165) is 55.5 Å². The molecule has 0 spiro atoms. The van der Waals surface area contributed by atoms with Crippen LogP contribution in [0.1, 0.15) is 12.0 Å². The summed E-state index contributed by atoms with van der Waals surface area (Å²) in [5.74, 6) is 0. The van der Waals surface area contributed by atoms with Gasteiger partial charge in [-0.05, 0) is 24.7 Å². The molecule has 140 valence electrons. The highest BCUT2D eigenvalue weighted by Gasteiger charge is 2.23. The van der Waals surface area contributed by atoms with Crippen molar-refractivity contribution < 1.29 is 8.78 Å². The fourth-order valence-electron chi connectivity index (χ4n) is 3.58. The number of benzene rings is 1. The predicted octanol–water partition coefficient (Wildman–Crippen LogP) is 2.52. The van der Waals surface area contributed by atoms with E-state index in [9.17, 15) is 8.78 Å². The van der Waals surface area contributed by atoms with Crippen molar-refractivity contribution in [3.05, 3.63) is 28.8 Å². The highest BCUT2D eigenvalue weighted by atomic mass is 35.5. The first kappa shape index (κ1) is 18.8. The number of rotatable bonds is 5. The molecule has 0 amide bonds. The molecule has 2 fully saturated rings. The zero-order valence-electron chi connectivity index (χ0n) is 14.7. The van der Waals surface area contributed by atoms with Crippen LogP contribution in [-0.4, -0.2) is 75.1 Å². The monoisotopic (exact) mass is 372 g/mol. The molecule has 4 nitrogen and oxygen atoms in total. The van der Waals surface area contributed by atoms with Gasteiger partial charge in [0.1, 0.15) is 0 Å². The maximum Gasteiger partial charge on any atom is 0.240 e. The molecule has 2 aliphatic heterocycles. The minimum atomic E-state index is -2.26. The Morgan fingerprint density at radius 3 is 2.64 bits per heavy atom. The Labute approximate surface area is 153 Å². The number of alkyl halides is 2. The first-order chi connectivity index (χ1) is 12.0. The minimum Gasteiger partial charge on any atom is -0.369 e. The van der Waals surface area contributed by atoms with Crippen molar-refractivity contribution in [2.45, 2.75) is 25.4 Å². The molecule has 0 bridgehead atoms. The summed E-state index contributed by atoms with van der Waals surface area (Å²) in [6.45, 7) is 7.10. The van der Waals surface area contributed by atoms with E-state index in [2.05, 4.69) is 39.2 Å². The molecule has 0 aromatic heterocycles. The summed E-state index contributed by atoms with van der Waals surface area (Å²) < 4.78 is 25.2. The number of nitrogens with one attached hydrogen (secondary N) is 1. The molecule has 0 saturated carbocycles. The lowest BCUT2D eigenvalue weighted by molar-refractivity contribution is 0.0965. The van der Waals surface area contributed by atoms with Gasteiger partial charge in [0.25, 0.3) is 0 Å². The Bertz CT molecular complexity index is 564. The van der Waals surface area contributed by atoms with Crippen molar-refractivity contribution in [3.63, 3.8) is 0 Å². The molecule has 2 heterocycles. The topological polar surface area (TPSA) is 21.8 Å². The van der Waals surface area contributed by atoms with Crippen molar-refractivity contribution in [1.29, 1.82) is 0 Å². The first-order valence-corrected chi connectivity index (χ1v) is 9.35. The second-order valence-electron chi connectivity index (χ2n) is 7.08. The molecular formula is C18H27ClF2N4. The third-order valence-electron chi connectivity index (χ3n) is 5.10. The number of piperazine rings is 2. The summed E-state index contributed by atoms with van der Waals surface area (Å²) in [4.78, 5) is 6.89. The molecule has 7 heteroatoms. The van der Waals surface area contributed by atoms with Gasteiger partial charge in [-0.25, -0.2) is 8.78 Å². The summed E-state index contributed by atoms with van der Waals surface area (Å²) in [6.07, 6.45) is -2.35. The van der Waals surface area contributed by atoms with E-state index in [0.29, 0.717) is 13.1 Å². The van der Waals surface area contributed by atoms with Crippen molar-refractivity contribution >= 4 is 17.3 Å².